The molecule has 0 aromatic heterocycles. The molecule has 0 bridgehead atoms. The summed E-state index contributed by atoms with van der Waals surface area (Å²) in [5.41, 5.74) is 0.999. The van der Waals surface area contributed by atoms with Gasteiger partial charge in [-0.05, 0) is 18.2 Å². The molecule has 1 N–H and O–H groups in total. The van der Waals surface area contributed by atoms with E-state index in [1.807, 2.05) is 6.07 Å². The van der Waals surface area contributed by atoms with Crippen molar-refractivity contribution in [3.63, 3.8) is 0 Å². The van der Waals surface area contributed by atoms with Crippen LogP contribution in [0.15, 0.2) is 24.3 Å². The van der Waals surface area contributed by atoms with Gasteiger partial charge in [0.25, 0.3) is 0 Å². The number of nitriles is 1. The summed E-state index contributed by atoms with van der Waals surface area (Å²) in [6, 6.07) is 8.52. The number of hydrogen-bond acceptors (Lipinski definition) is 3. The molecule has 0 aliphatic carbocycles. The van der Waals surface area contributed by atoms with E-state index in [1.54, 1.807) is 24.3 Å². The van der Waals surface area contributed by atoms with Crippen molar-refractivity contribution in [2.24, 2.45) is 0 Å². The Kier molecular flexibility index (Phi) is 4.45. The number of rotatable bonds is 3. The van der Waals surface area contributed by atoms with Gasteiger partial charge in [-0.3, -0.25) is 5.32 Å². The maximum absolute atomic E-state index is 11.1. The molecule has 0 radical (unpaired) electrons. The van der Waals surface area contributed by atoms with Crippen molar-refractivity contribution in [1.29, 1.82) is 5.26 Å². The summed E-state index contributed by atoms with van der Waals surface area (Å²) in [5, 5.41) is 11.1. The molecule has 0 unspecified atom stereocenters. The first-order valence-electron chi connectivity index (χ1n) is 4.26. The topological polar surface area (TPSA) is 62.1 Å². The molecule has 0 aliphatic heterocycles. The normalized spacial score (nSPS) is 9.07. The molecule has 1 amide bonds. The standard InChI is InChI=1S/C10H9ClN2O2/c11-4-5-15-10(14)13-9-3-1-2-8(6-9)7-12/h1-3,6H,4-5H2,(H,13,14). The minimum Gasteiger partial charge on any atom is -0.448 e. The van der Waals surface area contributed by atoms with Crippen molar-refractivity contribution in [1.82, 2.24) is 0 Å². The van der Waals surface area contributed by atoms with Crippen LogP contribution in [0, 0.1) is 11.3 Å². The third-order valence-corrected chi connectivity index (χ3v) is 1.70. The van der Waals surface area contributed by atoms with E-state index in [9.17, 15) is 4.79 Å². The number of nitrogens with one attached hydrogen (secondary N) is 1. The van der Waals surface area contributed by atoms with Crippen LogP contribution in [0.3, 0.4) is 0 Å². The number of carbonyl (C=O) groups is 1. The molecule has 4 nitrogen and oxygen atoms in total. The van der Waals surface area contributed by atoms with Crippen LogP contribution in [-0.2, 0) is 4.74 Å². The molecule has 1 aromatic carbocycles. The van der Waals surface area contributed by atoms with Crippen molar-refractivity contribution >= 4 is 23.4 Å². The number of alkyl halides is 1. The smallest absolute Gasteiger partial charge is 0.411 e. The second-order valence-electron chi connectivity index (χ2n) is 2.64. The summed E-state index contributed by atoms with van der Waals surface area (Å²) in [6.45, 7) is 0.158. The molecule has 0 heterocycles. The first-order chi connectivity index (χ1) is 7.26. The average molecular weight is 225 g/mol. The number of anilines is 1. The fourth-order valence-electron chi connectivity index (χ4n) is 0.952. The SMILES string of the molecule is N#Cc1cccc(NC(=O)OCCCl)c1. The molecule has 0 saturated carbocycles. The Morgan fingerprint density at radius 1 is 1.60 bits per heavy atom. The number of ether oxygens (including phenoxy) is 1. The van der Waals surface area contributed by atoms with Gasteiger partial charge in [-0.2, -0.15) is 5.26 Å². The molecule has 0 saturated heterocycles. The van der Waals surface area contributed by atoms with Crippen LogP contribution in [0.2, 0.25) is 0 Å². The zero-order chi connectivity index (χ0) is 11.1. The molecule has 78 valence electrons. The van der Waals surface area contributed by atoms with E-state index >= 15 is 0 Å². The van der Waals surface area contributed by atoms with Crippen LogP contribution in [-0.4, -0.2) is 18.6 Å². The van der Waals surface area contributed by atoms with Gasteiger partial charge < -0.3 is 4.74 Å². The Labute approximate surface area is 92.4 Å². The highest BCUT2D eigenvalue weighted by molar-refractivity contribution is 6.18. The number of nitrogens with zero attached hydrogens (tertiary/aromatic N) is 1. The molecular weight excluding hydrogens is 216 g/mol. The lowest BCUT2D eigenvalue weighted by Gasteiger charge is -2.05. The summed E-state index contributed by atoms with van der Waals surface area (Å²) < 4.78 is 4.70. The van der Waals surface area contributed by atoms with Crippen LogP contribution < -0.4 is 5.32 Å². The molecule has 0 aliphatic rings. The molecule has 1 rings (SSSR count). The monoisotopic (exact) mass is 224 g/mol. The molecule has 0 spiro atoms. The van der Waals surface area contributed by atoms with Gasteiger partial charge >= 0.3 is 6.09 Å². The largest absolute Gasteiger partial charge is 0.448 e. The third-order valence-electron chi connectivity index (χ3n) is 1.55. The van der Waals surface area contributed by atoms with E-state index in [2.05, 4.69) is 5.32 Å². The van der Waals surface area contributed by atoms with Gasteiger partial charge in [0.05, 0.1) is 17.5 Å². The van der Waals surface area contributed by atoms with Gasteiger partial charge in [0.1, 0.15) is 6.61 Å². The first kappa shape index (κ1) is 11.3. The van der Waals surface area contributed by atoms with Crippen molar-refractivity contribution in [3.05, 3.63) is 29.8 Å². The quantitative estimate of drug-likeness (QED) is 0.802. The Balaban J connectivity index is 2.57. The zero-order valence-corrected chi connectivity index (χ0v) is 8.62. The lowest BCUT2D eigenvalue weighted by atomic mass is 10.2. The third kappa shape index (κ3) is 3.88. The van der Waals surface area contributed by atoms with Gasteiger partial charge in [-0.25, -0.2) is 4.79 Å². The van der Waals surface area contributed by atoms with Crippen LogP contribution in [0.1, 0.15) is 5.56 Å². The van der Waals surface area contributed by atoms with E-state index < -0.39 is 6.09 Å². The fourth-order valence-corrected chi connectivity index (χ4v) is 1.03. The lowest BCUT2D eigenvalue weighted by molar-refractivity contribution is 0.168. The molecular formula is C10H9ClN2O2. The highest BCUT2D eigenvalue weighted by Crippen LogP contribution is 2.09. The van der Waals surface area contributed by atoms with Gasteiger partial charge in [0, 0.05) is 5.69 Å². The highest BCUT2D eigenvalue weighted by Gasteiger charge is 2.02. The average Bonchev–Trinajstić information content (AvgIpc) is 2.26. The number of carbonyl (C=O) groups excluding carboxylic acids is 1. The van der Waals surface area contributed by atoms with Crippen molar-refractivity contribution in [2.45, 2.75) is 0 Å². The zero-order valence-electron chi connectivity index (χ0n) is 7.87. The predicted octanol–water partition coefficient (Wildman–Crippen LogP) is 2.35. The van der Waals surface area contributed by atoms with E-state index in [1.165, 1.54) is 0 Å². The van der Waals surface area contributed by atoms with Gasteiger partial charge in [-0.15, -0.1) is 11.6 Å². The fraction of sp³-hybridized carbons (Fsp3) is 0.200. The van der Waals surface area contributed by atoms with Gasteiger partial charge in [-0.1, -0.05) is 6.07 Å². The summed E-state index contributed by atoms with van der Waals surface area (Å²) in [7, 11) is 0. The summed E-state index contributed by atoms with van der Waals surface area (Å²) >= 11 is 5.35. The van der Waals surface area contributed by atoms with Gasteiger partial charge in [0.15, 0.2) is 0 Å². The van der Waals surface area contributed by atoms with Crippen molar-refractivity contribution in [3.8, 4) is 6.07 Å². The summed E-state index contributed by atoms with van der Waals surface area (Å²) in [4.78, 5) is 11.1. The molecule has 5 heteroatoms. The van der Waals surface area contributed by atoms with Gasteiger partial charge in [0.2, 0.25) is 0 Å². The van der Waals surface area contributed by atoms with E-state index in [0.717, 1.165) is 0 Å². The Morgan fingerprint density at radius 2 is 2.40 bits per heavy atom. The maximum atomic E-state index is 11.1. The van der Waals surface area contributed by atoms with Crippen LogP contribution in [0.5, 0.6) is 0 Å². The van der Waals surface area contributed by atoms with Crippen LogP contribution in [0.25, 0.3) is 0 Å². The minimum atomic E-state index is -0.578. The highest BCUT2D eigenvalue weighted by atomic mass is 35.5. The minimum absolute atomic E-state index is 0.158. The number of benzene rings is 1. The summed E-state index contributed by atoms with van der Waals surface area (Å²) in [6.07, 6.45) is -0.578. The van der Waals surface area contributed by atoms with E-state index in [4.69, 9.17) is 21.6 Å². The maximum Gasteiger partial charge on any atom is 0.411 e. The summed E-state index contributed by atoms with van der Waals surface area (Å²) in [5.74, 6) is 0.256. The number of hydrogen-bond donors (Lipinski definition) is 1. The second-order valence-corrected chi connectivity index (χ2v) is 3.02. The molecule has 15 heavy (non-hydrogen) atoms. The van der Waals surface area contributed by atoms with Crippen LogP contribution in [0.4, 0.5) is 10.5 Å². The van der Waals surface area contributed by atoms with Crippen molar-refractivity contribution in [2.75, 3.05) is 17.8 Å². The Hall–Kier alpha value is -1.73. The lowest BCUT2D eigenvalue weighted by Crippen LogP contribution is -2.14. The second kappa shape index (κ2) is 5.89. The van der Waals surface area contributed by atoms with E-state index in [-0.39, 0.29) is 12.5 Å². The molecule has 0 fully saturated rings. The Morgan fingerprint density at radius 3 is 3.07 bits per heavy atom. The predicted molar refractivity (Wildman–Crippen MR) is 56.8 cm³/mol. The first-order valence-corrected chi connectivity index (χ1v) is 4.79. The molecule has 0 atom stereocenters. The number of amides is 1. The van der Waals surface area contributed by atoms with Crippen LogP contribution >= 0.6 is 11.6 Å². The Bertz CT molecular complexity index is 387. The number of halogens is 1. The molecule has 1 aromatic rings. The van der Waals surface area contributed by atoms with E-state index in [0.29, 0.717) is 11.3 Å². The van der Waals surface area contributed by atoms with Crippen molar-refractivity contribution < 1.29 is 9.53 Å².